The van der Waals surface area contributed by atoms with Crippen LogP contribution in [0.1, 0.15) is 5.56 Å². The summed E-state index contributed by atoms with van der Waals surface area (Å²) in [6.45, 7) is 3.92. The summed E-state index contributed by atoms with van der Waals surface area (Å²) in [7, 11) is -3.46. The minimum Gasteiger partial charge on any atom is -0.352 e. The van der Waals surface area contributed by atoms with Crippen LogP contribution in [0.5, 0.6) is 0 Å². The molecule has 0 spiro atoms. The van der Waals surface area contributed by atoms with Crippen LogP contribution in [-0.4, -0.2) is 54.1 Å². The van der Waals surface area contributed by atoms with E-state index < -0.39 is 10.0 Å². The number of aromatic nitrogens is 3. The van der Waals surface area contributed by atoms with Crippen LogP contribution < -0.4 is 4.90 Å². The van der Waals surface area contributed by atoms with E-state index in [2.05, 4.69) is 20.1 Å². The molecule has 3 aromatic rings. The standard InChI is InChI=1S/C20H21N5O2S/c1-16-5-7-17(8-6-16)28(26,27)25-14-12-24(13-15-25)20-10-9-19(22-23-20)18-4-2-3-11-21-18/h2-11H,12-15H2,1H3. The molecule has 0 unspecified atom stereocenters. The predicted octanol–water partition coefficient (Wildman–Crippen LogP) is 2.36. The van der Waals surface area contributed by atoms with E-state index in [1.807, 2.05) is 49.4 Å². The third-order valence-electron chi connectivity index (χ3n) is 4.80. The van der Waals surface area contributed by atoms with E-state index in [4.69, 9.17) is 0 Å². The predicted molar refractivity (Wildman–Crippen MR) is 107 cm³/mol. The molecule has 1 aromatic carbocycles. The number of hydrogen-bond acceptors (Lipinski definition) is 6. The lowest BCUT2D eigenvalue weighted by Crippen LogP contribution is -2.49. The van der Waals surface area contributed by atoms with Gasteiger partial charge in [-0.2, -0.15) is 4.31 Å². The van der Waals surface area contributed by atoms with Gasteiger partial charge in [0.05, 0.1) is 10.6 Å². The lowest BCUT2D eigenvalue weighted by Gasteiger charge is -2.34. The summed E-state index contributed by atoms with van der Waals surface area (Å²) in [5.41, 5.74) is 2.52. The van der Waals surface area contributed by atoms with Gasteiger partial charge in [0, 0.05) is 32.4 Å². The number of rotatable bonds is 4. The summed E-state index contributed by atoms with van der Waals surface area (Å²) in [6, 6.07) is 16.4. The second kappa shape index (κ2) is 7.65. The molecule has 1 saturated heterocycles. The molecule has 8 heteroatoms. The summed E-state index contributed by atoms with van der Waals surface area (Å²) in [6.07, 6.45) is 1.72. The van der Waals surface area contributed by atoms with E-state index in [1.165, 1.54) is 4.31 Å². The first-order valence-electron chi connectivity index (χ1n) is 9.11. The van der Waals surface area contributed by atoms with E-state index in [1.54, 1.807) is 18.3 Å². The highest BCUT2D eigenvalue weighted by atomic mass is 32.2. The van der Waals surface area contributed by atoms with Crippen molar-refractivity contribution in [3.8, 4) is 11.4 Å². The summed E-state index contributed by atoms with van der Waals surface area (Å²) < 4.78 is 27.2. The molecular formula is C20H21N5O2S. The molecule has 28 heavy (non-hydrogen) atoms. The molecular weight excluding hydrogens is 374 g/mol. The van der Waals surface area contributed by atoms with Crippen LogP contribution in [0, 0.1) is 6.92 Å². The average Bonchev–Trinajstić information content (AvgIpc) is 2.75. The maximum Gasteiger partial charge on any atom is 0.243 e. The van der Waals surface area contributed by atoms with E-state index >= 15 is 0 Å². The molecule has 0 aliphatic carbocycles. The Morgan fingerprint density at radius 3 is 2.18 bits per heavy atom. The van der Waals surface area contributed by atoms with Gasteiger partial charge >= 0.3 is 0 Å². The fraction of sp³-hybridized carbons (Fsp3) is 0.250. The van der Waals surface area contributed by atoms with Gasteiger partial charge in [-0.1, -0.05) is 23.8 Å². The van der Waals surface area contributed by atoms with Crippen LogP contribution in [0.4, 0.5) is 5.82 Å². The second-order valence-electron chi connectivity index (χ2n) is 6.70. The fourth-order valence-electron chi connectivity index (χ4n) is 3.16. The lowest BCUT2D eigenvalue weighted by atomic mass is 10.2. The SMILES string of the molecule is Cc1ccc(S(=O)(=O)N2CCN(c3ccc(-c4ccccn4)nn3)CC2)cc1. The van der Waals surface area contributed by atoms with Crippen molar-refractivity contribution >= 4 is 15.8 Å². The van der Waals surface area contributed by atoms with Crippen molar-refractivity contribution in [3.63, 3.8) is 0 Å². The minimum absolute atomic E-state index is 0.339. The minimum atomic E-state index is -3.46. The van der Waals surface area contributed by atoms with E-state index in [9.17, 15) is 8.42 Å². The van der Waals surface area contributed by atoms with Gasteiger partial charge in [0.15, 0.2) is 5.82 Å². The molecule has 3 heterocycles. The van der Waals surface area contributed by atoms with Gasteiger partial charge in [-0.25, -0.2) is 8.42 Å². The number of anilines is 1. The Bertz CT molecular complexity index is 1030. The monoisotopic (exact) mass is 395 g/mol. The molecule has 0 saturated carbocycles. The Hall–Kier alpha value is -2.84. The van der Waals surface area contributed by atoms with Crippen molar-refractivity contribution in [2.24, 2.45) is 0 Å². The molecule has 7 nitrogen and oxygen atoms in total. The van der Waals surface area contributed by atoms with Crippen molar-refractivity contribution in [2.45, 2.75) is 11.8 Å². The first-order valence-corrected chi connectivity index (χ1v) is 10.5. The molecule has 0 radical (unpaired) electrons. The third kappa shape index (κ3) is 3.74. The van der Waals surface area contributed by atoms with Gasteiger partial charge < -0.3 is 4.90 Å². The summed E-state index contributed by atoms with van der Waals surface area (Å²) in [4.78, 5) is 6.66. The first-order chi connectivity index (χ1) is 13.5. The van der Waals surface area contributed by atoms with Gasteiger partial charge in [0.2, 0.25) is 10.0 Å². The number of nitrogens with zero attached hydrogens (tertiary/aromatic N) is 5. The summed E-state index contributed by atoms with van der Waals surface area (Å²) in [5.74, 6) is 0.743. The van der Waals surface area contributed by atoms with Crippen LogP contribution in [0.2, 0.25) is 0 Å². The Labute approximate surface area is 164 Å². The second-order valence-corrected chi connectivity index (χ2v) is 8.63. The molecule has 1 fully saturated rings. The van der Waals surface area contributed by atoms with Crippen LogP contribution in [0.3, 0.4) is 0 Å². The average molecular weight is 395 g/mol. The molecule has 4 rings (SSSR count). The number of pyridine rings is 1. The Kier molecular flexibility index (Phi) is 5.06. The van der Waals surface area contributed by atoms with Crippen molar-refractivity contribution < 1.29 is 8.42 Å². The van der Waals surface area contributed by atoms with Crippen molar-refractivity contribution in [1.29, 1.82) is 0 Å². The van der Waals surface area contributed by atoms with Gasteiger partial charge in [0.1, 0.15) is 5.69 Å². The van der Waals surface area contributed by atoms with E-state index in [0.29, 0.717) is 36.8 Å². The van der Waals surface area contributed by atoms with Crippen molar-refractivity contribution in [3.05, 3.63) is 66.4 Å². The van der Waals surface area contributed by atoms with Crippen LogP contribution in [0.15, 0.2) is 65.7 Å². The van der Waals surface area contributed by atoms with Crippen molar-refractivity contribution in [1.82, 2.24) is 19.5 Å². The summed E-state index contributed by atoms with van der Waals surface area (Å²) >= 11 is 0. The molecule has 0 atom stereocenters. The topological polar surface area (TPSA) is 79.3 Å². The number of aryl methyl sites for hydroxylation is 1. The Morgan fingerprint density at radius 1 is 0.821 bits per heavy atom. The number of sulfonamides is 1. The third-order valence-corrected chi connectivity index (χ3v) is 6.71. The number of piperazine rings is 1. The fourth-order valence-corrected chi connectivity index (χ4v) is 4.58. The molecule has 0 bridgehead atoms. The lowest BCUT2D eigenvalue weighted by molar-refractivity contribution is 0.383. The molecule has 144 valence electrons. The highest BCUT2D eigenvalue weighted by Gasteiger charge is 2.28. The molecule has 2 aromatic heterocycles. The maximum absolute atomic E-state index is 12.8. The van der Waals surface area contributed by atoms with Crippen LogP contribution in [0.25, 0.3) is 11.4 Å². The largest absolute Gasteiger partial charge is 0.352 e. The highest BCUT2D eigenvalue weighted by Crippen LogP contribution is 2.21. The van der Waals surface area contributed by atoms with Crippen molar-refractivity contribution in [2.75, 3.05) is 31.1 Å². The molecule has 0 N–H and O–H groups in total. The normalized spacial score (nSPS) is 15.5. The number of hydrogen-bond donors (Lipinski definition) is 0. The zero-order chi connectivity index (χ0) is 19.6. The van der Waals surface area contributed by atoms with Gasteiger partial charge in [-0.05, 0) is 43.3 Å². The maximum atomic E-state index is 12.8. The van der Waals surface area contributed by atoms with Crippen LogP contribution in [-0.2, 0) is 10.0 Å². The zero-order valence-corrected chi connectivity index (χ0v) is 16.4. The molecule has 0 amide bonds. The number of benzene rings is 1. The van der Waals surface area contributed by atoms with Gasteiger partial charge in [0.25, 0.3) is 0 Å². The summed E-state index contributed by atoms with van der Waals surface area (Å²) in [5, 5.41) is 8.56. The first kappa shape index (κ1) is 18.5. The Morgan fingerprint density at radius 2 is 1.57 bits per heavy atom. The quantitative estimate of drug-likeness (QED) is 0.675. The molecule has 1 aliphatic heterocycles. The van der Waals surface area contributed by atoms with Crippen LogP contribution >= 0.6 is 0 Å². The van der Waals surface area contributed by atoms with E-state index in [-0.39, 0.29) is 0 Å². The van der Waals surface area contributed by atoms with Gasteiger partial charge in [-0.15, -0.1) is 10.2 Å². The van der Waals surface area contributed by atoms with E-state index in [0.717, 1.165) is 17.1 Å². The van der Waals surface area contributed by atoms with Gasteiger partial charge in [-0.3, -0.25) is 4.98 Å². The smallest absolute Gasteiger partial charge is 0.243 e. The highest BCUT2D eigenvalue weighted by molar-refractivity contribution is 7.89. The zero-order valence-electron chi connectivity index (χ0n) is 15.6. The Balaban J connectivity index is 1.43. The molecule has 1 aliphatic rings.